The van der Waals surface area contributed by atoms with Crippen molar-refractivity contribution in [3.63, 3.8) is 0 Å². The highest BCUT2D eigenvalue weighted by Gasteiger charge is 2.47. The third-order valence-corrected chi connectivity index (χ3v) is 15.2. The molecule has 12 aromatic rings. The van der Waals surface area contributed by atoms with Crippen LogP contribution < -0.4 is 4.90 Å². The van der Waals surface area contributed by atoms with Crippen LogP contribution in [0.2, 0.25) is 0 Å². The Balaban J connectivity index is 0.941. The molecule has 0 saturated carbocycles. The summed E-state index contributed by atoms with van der Waals surface area (Å²) in [6.07, 6.45) is 0. The highest BCUT2D eigenvalue weighted by atomic mass is 32.1. The molecule has 0 fully saturated rings. The van der Waals surface area contributed by atoms with Gasteiger partial charge in [-0.1, -0.05) is 218 Å². The topological polar surface area (TPSA) is 3.24 Å². The van der Waals surface area contributed by atoms with E-state index in [1.807, 2.05) is 11.3 Å². The largest absolute Gasteiger partial charge is 0.308 e. The molecule has 1 aliphatic rings. The molecule has 1 aliphatic carbocycles. The van der Waals surface area contributed by atoms with Crippen molar-refractivity contribution in [2.24, 2.45) is 0 Å². The summed E-state index contributed by atoms with van der Waals surface area (Å²) >= 11 is 1.88. The van der Waals surface area contributed by atoms with Gasteiger partial charge in [-0.05, 0) is 114 Å². The molecule has 67 heavy (non-hydrogen) atoms. The molecular weight excluding hydrogens is 827 g/mol. The van der Waals surface area contributed by atoms with Crippen LogP contribution in [0.5, 0.6) is 0 Å². The summed E-state index contributed by atoms with van der Waals surface area (Å²) in [6.45, 7) is 0. The summed E-state index contributed by atoms with van der Waals surface area (Å²) in [5.41, 5.74) is 17.8. The lowest BCUT2D eigenvalue weighted by Gasteiger charge is -2.34. The molecule has 0 unspecified atom stereocenters. The molecule has 13 rings (SSSR count). The molecule has 0 radical (unpaired) electrons. The Bertz CT molecular complexity index is 3750. The van der Waals surface area contributed by atoms with Gasteiger partial charge in [-0.25, -0.2) is 0 Å². The number of fused-ring (bicyclic) bond motifs is 7. The molecular formula is C65H43NS. The predicted molar refractivity (Wildman–Crippen MR) is 285 cm³/mol. The van der Waals surface area contributed by atoms with Crippen LogP contribution >= 0.6 is 11.3 Å². The van der Waals surface area contributed by atoms with E-state index in [1.165, 1.54) is 103 Å². The standard InChI is InChI=1S/C65H43NS/c1-3-20-52(21-4-1)65(53-22-5-2-6-23-53)58-27-11-9-25-57(58)63-59(65)28-15-29-60(63)66(61-30-14-26-56-55-24-10-12-31-62(55)67-64(56)61)54-40-38-46(39-41-54)45-32-34-47(35-33-45)49-18-13-19-50(42-49)51-37-36-44-16-7-8-17-48(44)43-51/h1-43H. The van der Waals surface area contributed by atoms with E-state index in [-0.39, 0.29) is 0 Å². The van der Waals surface area contributed by atoms with E-state index < -0.39 is 5.41 Å². The van der Waals surface area contributed by atoms with Crippen LogP contribution in [0.4, 0.5) is 17.1 Å². The molecule has 11 aromatic carbocycles. The zero-order valence-corrected chi connectivity index (χ0v) is 37.5. The van der Waals surface area contributed by atoms with Crippen LogP contribution in [0, 0.1) is 0 Å². The minimum absolute atomic E-state index is 0.506. The Morgan fingerprint density at radius 2 is 0.851 bits per heavy atom. The van der Waals surface area contributed by atoms with Crippen LogP contribution in [-0.2, 0) is 5.41 Å². The normalized spacial score (nSPS) is 12.6. The maximum absolute atomic E-state index is 2.52. The quantitative estimate of drug-likeness (QED) is 0.147. The van der Waals surface area contributed by atoms with Crippen molar-refractivity contribution < 1.29 is 0 Å². The van der Waals surface area contributed by atoms with Gasteiger partial charge in [-0.3, -0.25) is 0 Å². The number of benzene rings is 11. The average Bonchev–Trinajstić information content (AvgIpc) is 3.94. The van der Waals surface area contributed by atoms with Crippen LogP contribution in [0.1, 0.15) is 22.3 Å². The third kappa shape index (κ3) is 6.37. The first-order valence-electron chi connectivity index (χ1n) is 23.1. The van der Waals surface area contributed by atoms with E-state index in [0.29, 0.717) is 0 Å². The van der Waals surface area contributed by atoms with E-state index in [9.17, 15) is 0 Å². The number of hydrogen-bond donors (Lipinski definition) is 0. The van der Waals surface area contributed by atoms with Gasteiger partial charge in [0.2, 0.25) is 0 Å². The second kappa shape index (κ2) is 16.0. The van der Waals surface area contributed by atoms with Gasteiger partial charge in [0.05, 0.1) is 21.5 Å². The second-order valence-corrected chi connectivity index (χ2v) is 18.6. The summed E-state index contributed by atoms with van der Waals surface area (Å²) in [4.78, 5) is 2.52. The molecule has 0 atom stereocenters. The SMILES string of the molecule is c1ccc(C2(c3ccccc3)c3ccccc3-c3c(N(c4ccc(-c5ccc(-c6cccc(-c7ccc8ccccc8c7)c6)cc5)cc4)c4cccc5c4sc4ccccc45)cccc32)cc1. The fraction of sp³-hybridized carbons (Fsp3) is 0.0154. The Morgan fingerprint density at radius 3 is 1.61 bits per heavy atom. The molecule has 1 nitrogen and oxygen atoms in total. The highest BCUT2D eigenvalue weighted by molar-refractivity contribution is 7.26. The fourth-order valence-electron chi connectivity index (χ4n) is 10.9. The van der Waals surface area contributed by atoms with Crippen molar-refractivity contribution in [3.05, 3.63) is 283 Å². The van der Waals surface area contributed by atoms with Crippen molar-refractivity contribution in [3.8, 4) is 44.5 Å². The minimum atomic E-state index is -0.506. The molecule has 0 amide bonds. The van der Waals surface area contributed by atoms with Crippen molar-refractivity contribution >= 4 is 59.3 Å². The molecule has 0 bridgehead atoms. The Hall–Kier alpha value is -8.30. The molecule has 1 aromatic heterocycles. The minimum Gasteiger partial charge on any atom is -0.308 e. The zero-order chi connectivity index (χ0) is 44.3. The van der Waals surface area contributed by atoms with Gasteiger partial charge in [0.15, 0.2) is 0 Å². The first-order chi connectivity index (χ1) is 33.2. The second-order valence-electron chi connectivity index (χ2n) is 17.6. The van der Waals surface area contributed by atoms with Crippen molar-refractivity contribution in [1.29, 1.82) is 0 Å². The molecule has 1 heterocycles. The maximum Gasteiger partial charge on any atom is 0.0714 e. The number of rotatable bonds is 8. The van der Waals surface area contributed by atoms with Gasteiger partial charge in [0.1, 0.15) is 0 Å². The summed E-state index contributed by atoms with van der Waals surface area (Å²) in [7, 11) is 0. The van der Waals surface area contributed by atoms with E-state index >= 15 is 0 Å². The van der Waals surface area contributed by atoms with Gasteiger partial charge in [0.25, 0.3) is 0 Å². The Morgan fingerprint density at radius 1 is 0.328 bits per heavy atom. The van der Waals surface area contributed by atoms with Crippen LogP contribution in [0.3, 0.4) is 0 Å². The lowest BCUT2D eigenvalue weighted by Crippen LogP contribution is -2.28. The average molecular weight is 870 g/mol. The predicted octanol–water partition coefficient (Wildman–Crippen LogP) is 18.0. The first-order valence-corrected chi connectivity index (χ1v) is 23.9. The number of anilines is 3. The number of nitrogens with zero attached hydrogens (tertiary/aromatic N) is 1. The van der Waals surface area contributed by atoms with Crippen LogP contribution in [-0.4, -0.2) is 0 Å². The number of hydrogen-bond acceptors (Lipinski definition) is 2. The number of thiophene rings is 1. The molecule has 0 spiro atoms. The van der Waals surface area contributed by atoms with Crippen LogP contribution in [0.25, 0.3) is 75.5 Å². The maximum atomic E-state index is 2.52. The van der Waals surface area contributed by atoms with E-state index in [4.69, 9.17) is 0 Å². The van der Waals surface area contributed by atoms with Gasteiger partial charge in [-0.2, -0.15) is 0 Å². The van der Waals surface area contributed by atoms with E-state index in [2.05, 4.69) is 266 Å². The van der Waals surface area contributed by atoms with Gasteiger partial charge < -0.3 is 4.90 Å². The highest BCUT2D eigenvalue weighted by Crippen LogP contribution is 2.60. The zero-order valence-electron chi connectivity index (χ0n) is 36.7. The molecule has 0 N–H and O–H groups in total. The Labute approximate surface area is 395 Å². The lowest BCUT2D eigenvalue weighted by molar-refractivity contribution is 0.768. The third-order valence-electron chi connectivity index (χ3n) is 13.9. The van der Waals surface area contributed by atoms with Crippen molar-refractivity contribution in [2.75, 3.05) is 4.90 Å². The van der Waals surface area contributed by atoms with Crippen molar-refractivity contribution in [2.45, 2.75) is 5.41 Å². The summed E-state index contributed by atoms with van der Waals surface area (Å²) < 4.78 is 2.56. The first kappa shape index (κ1) is 39.1. The Kier molecular flexibility index (Phi) is 9.33. The molecule has 2 heteroatoms. The van der Waals surface area contributed by atoms with Gasteiger partial charge in [0, 0.05) is 26.7 Å². The van der Waals surface area contributed by atoms with E-state index in [1.54, 1.807) is 0 Å². The van der Waals surface area contributed by atoms with E-state index in [0.717, 1.165) is 11.4 Å². The van der Waals surface area contributed by atoms with Crippen molar-refractivity contribution in [1.82, 2.24) is 0 Å². The van der Waals surface area contributed by atoms with Gasteiger partial charge in [-0.15, -0.1) is 11.3 Å². The summed E-state index contributed by atoms with van der Waals surface area (Å²) in [5.74, 6) is 0. The molecule has 0 saturated heterocycles. The monoisotopic (exact) mass is 869 g/mol. The molecule has 0 aliphatic heterocycles. The van der Waals surface area contributed by atoms with Crippen LogP contribution in [0.15, 0.2) is 261 Å². The summed E-state index contributed by atoms with van der Waals surface area (Å²) in [6, 6.07) is 96.3. The lowest BCUT2D eigenvalue weighted by atomic mass is 9.68. The van der Waals surface area contributed by atoms with Gasteiger partial charge >= 0.3 is 0 Å². The smallest absolute Gasteiger partial charge is 0.0714 e. The fourth-order valence-corrected chi connectivity index (χ4v) is 12.1. The molecule has 314 valence electrons. The summed E-state index contributed by atoms with van der Waals surface area (Å²) in [5, 5.41) is 5.08.